The number of rotatable bonds is 4. The highest BCUT2D eigenvalue weighted by Gasteiger charge is 2.24. The molecule has 0 fully saturated rings. The molecule has 0 bridgehead atoms. The Morgan fingerprint density at radius 3 is 2.35 bits per heavy atom. The van der Waals surface area contributed by atoms with Crippen LogP contribution in [0.25, 0.3) is 6.08 Å². The third kappa shape index (κ3) is 4.52. The fourth-order valence-electron chi connectivity index (χ4n) is 3.43. The Morgan fingerprint density at radius 2 is 1.68 bits per heavy atom. The van der Waals surface area contributed by atoms with Crippen molar-refractivity contribution in [2.75, 3.05) is 11.1 Å². The molecule has 1 aliphatic heterocycles. The van der Waals surface area contributed by atoms with Crippen LogP contribution in [0.15, 0.2) is 75.4 Å². The van der Waals surface area contributed by atoms with E-state index in [9.17, 15) is 13.2 Å². The van der Waals surface area contributed by atoms with E-state index in [-0.39, 0.29) is 16.6 Å². The summed E-state index contributed by atoms with van der Waals surface area (Å²) in [5.41, 5.74) is 10.4. The summed E-state index contributed by atoms with van der Waals surface area (Å²) in [5, 5.41) is 2.82. The molecule has 0 aliphatic carbocycles. The quantitative estimate of drug-likeness (QED) is 0.434. The van der Waals surface area contributed by atoms with Crippen molar-refractivity contribution >= 4 is 45.0 Å². The highest BCUT2D eigenvalue weighted by Crippen LogP contribution is 2.40. The summed E-state index contributed by atoms with van der Waals surface area (Å²) in [5.74, 6) is -0.341. The number of benzene rings is 3. The number of anilines is 2. The van der Waals surface area contributed by atoms with Crippen molar-refractivity contribution in [2.45, 2.75) is 29.4 Å². The van der Waals surface area contributed by atoms with Gasteiger partial charge in [-0.05, 0) is 72.5 Å². The average Bonchev–Trinajstić information content (AvgIpc) is 2.72. The third-order valence-electron chi connectivity index (χ3n) is 5.22. The summed E-state index contributed by atoms with van der Waals surface area (Å²) in [6.07, 6.45) is 1.79. The number of hydrogen-bond donors (Lipinski definition) is 2. The van der Waals surface area contributed by atoms with E-state index in [1.165, 1.54) is 11.8 Å². The maximum Gasteiger partial charge on any atom is 0.262 e. The van der Waals surface area contributed by atoms with Crippen LogP contribution in [0.3, 0.4) is 0 Å². The number of fused-ring (bicyclic) bond motifs is 1. The first-order chi connectivity index (χ1) is 14.7. The average molecular weight is 451 g/mol. The fourth-order valence-corrected chi connectivity index (χ4v) is 5.93. The first kappa shape index (κ1) is 21.2. The van der Waals surface area contributed by atoms with E-state index >= 15 is 0 Å². The Labute approximate surface area is 186 Å². The minimum atomic E-state index is -3.56. The summed E-state index contributed by atoms with van der Waals surface area (Å²) >= 11 is 1.32. The van der Waals surface area contributed by atoms with Gasteiger partial charge >= 0.3 is 0 Å². The standard InChI is InChI=1S/C24H22N2O3S2/c1-15-4-3-5-16(2)20(15)14-31(28,29)19-10-11-22-21(13-19)26-24(27)23(30-22)12-17-6-8-18(25)9-7-17/h3-13H,14,25H2,1-2H3,(H,26,27)/b23-12-. The molecular formula is C24H22N2O3S2. The molecule has 4 rings (SSSR count). The van der Waals surface area contributed by atoms with E-state index in [0.717, 1.165) is 27.1 Å². The highest BCUT2D eigenvalue weighted by atomic mass is 32.2. The lowest BCUT2D eigenvalue weighted by molar-refractivity contribution is -0.112. The second kappa shape index (κ2) is 8.24. The number of nitrogens with two attached hydrogens (primary N) is 1. The minimum Gasteiger partial charge on any atom is -0.399 e. The van der Waals surface area contributed by atoms with Gasteiger partial charge in [0.05, 0.1) is 21.2 Å². The molecule has 0 saturated carbocycles. The van der Waals surface area contributed by atoms with Crippen LogP contribution >= 0.6 is 11.8 Å². The number of carbonyl (C=O) groups is 1. The van der Waals surface area contributed by atoms with Crippen LogP contribution < -0.4 is 11.1 Å². The molecule has 0 unspecified atom stereocenters. The van der Waals surface area contributed by atoms with Gasteiger partial charge in [0, 0.05) is 10.6 Å². The lowest BCUT2D eigenvalue weighted by Crippen LogP contribution is -2.18. The van der Waals surface area contributed by atoms with Gasteiger partial charge in [-0.25, -0.2) is 8.42 Å². The summed E-state index contributed by atoms with van der Waals surface area (Å²) in [6.45, 7) is 3.83. The van der Waals surface area contributed by atoms with Crippen molar-refractivity contribution in [1.82, 2.24) is 0 Å². The lowest BCUT2D eigenvalue weighted by Gasteiger charge is -2.20. The molecule has 3 N–H and O–H groups in total. The zero-order valence-corrected chi connectivity index (χ0v) is 18.8. The normalized spacial score (nSPS) is 14.9. The smallest absolute Gasteiger partial charge is 0.262 e. The highest BCUT2D eigenvalue weighted by molar-refractivity contribution is 8.04. The molecule has 1 amide bonds. The SMILES string of the molecule is Cc1cccc(C)c1CS(=O)(=O)c1ccc2c(c1)NC(=O)/C(=C/c1ccc(N)cc1)S2. The number of thioether (sulfide) groups is 1. The molecule has 1 heterocycles. The largest absolute Gasteiger partial charge is 0.399 e. The molecule has 0 spiro atoms. The van der Waals surface area contributed by atoms with Crippen LogP contribution in [0.2, 0.25) is 0 Å². The molecule has 31 heavy (non-hydrogen) atoms. The Bertz CT molecular complexity index is 1290. The van der Waals surface area contributed by atoms with Crippen LogP contribution in [0.4, 0.5) is 11.4 Å². The van der Waals surface area contributed by atoms with E-state index in [4.69, 9.17) is 5.73 Å². The molecule has 0 saturated heterocycles. The minimum absolute atomic E-state index is 0.0757. The van der Waals surface area contributed by atoms with Crippen LogP contribution in [0.1, 0.15) is 22.3 Å². The van der Waals surface area contributed by atoms with Crippen molar-refractivity contribution in [3.8, 4) is 0 Å². The van der Waals surface area contributed by atoms with Gasteiger partial charge in [-0.3, -0.25) is 4.79 Å². The molecular weight excluding hydrogens is 428 g/mol. The number of amides is 1. The van der Waals surface area contributed by atoms with Crippen molar-refractivity contribution in [3.63, 3.8) is 0 Å². The number of sulfone groups is 1. The molecule has 0 radical (unpaired) electrons. The van der Waals surface area contributed by atoms with Gasteiger partial charge in [-0.1, -0.05) is 42.1 Å². The molecule has 158 valence electrons. The van der Waals surface area contributed by atoms with E-state index in [1.807, 2.05) is 44.2 Å². The topological polar surface area (TPSA) is 89.3 Å². The Morgan fingerprint density at radius 1 is 1.00 bits per heavy atom. The fraction of sp³-hybridized carbons (Fsp3) is 0.125. The van der Waals surface area contributed by atoms with E-state index in [2.05, 4.69) is 5.32 Å². The number of nitrogens with one attached hydrogen (secondary N) is 1. The van der Waals surface area contributed by atoms with Crippen molar-refractivity contribution in [1.29, 1.82) is 0 Å². The van der Waals surface area contributed by atoms with Crippen LogP contribution in [0.5, 0.6) is 0 Å². The van der Waals surface area contributed by atoms with Crippen molar-refractivity contribution in [2.24, 2.45) is 0 Å². The van der Waals surface area contributed by atoms with E-state index < -0.39 is 9.84 Å². The van der Waals surface area contributed by atoms with Crippen molar-refractivity contribution < 1.29 is 13.2 Å². The van der Waals surface area contributed by atoms with Gasteiger partial charge in [-0.15, -0.1) is 0 Å². The predicted molar refractivity (Wildman–Crippen MR) is 127 cm³/mol. The summed E-state index contributed by atoms with van der Waals surface area (Å²) in [4.78, 5) is 14.1. The van der Waals surface area contributed by atoms with Gasteiger partial charge in [0.2, 0.25) is 0 Å². The molecule has 0 aromatic heterocycles. The zero-order valence-electron chi connectivity index (χ0n) is 17.2. The van der Waals surface area contributed by atoms with Crippen LogP contribution in [-0.2, 0) is 20.4 Å². The summed E-state index contributed by atoms with van der Waals surface area (Å²) in [6, 6.07) is 17.9. The Kier molecular flexibility index (Phi) is 5.64. The zero-order chi connectivity index (χ0) is 22.2. The lowest BCUT2D eigenvalue weighted by atomic mass is 10.1. The maximum atomic E-state index is 13.1. The molecule has 7 heteroatoms. The first-order valence-electron chi connectivity index (χ1n) is 9.71. The molecule has 3 aromatic carbocycles. The third-order valence-corrected chi connectivity index (χ3v) is 7.96. The Balaban J connectivity index is 1.62. The van der Waals surface area contributed by atoms with Crippen LogP contribution in [-0.4, -0.2) is 14.3 Å². The monoisotopic (exact) mass is 450 g/mol. The first-order valence-corrected chi connectivity index (χ1v) is 12.2. The second-order valence-electron chi connectivity index (χ2n) is 7.52. The number of aryl methyl sites for hydroxylation is 2. The number of carbonyl (C=O) groups excluding carboxylic acids is 1. The van der Waals surface area contributed by atoms with Crippen LogP contribution in [0, 0.1) is 13.8 Å². The second-order valence-corrected chi connectivity index (χ2v) is 10.6. The van der Waals surface area contributed by atoms with E-state index in [1.54, 1.807) is 36.4 Å². The molecule has 3 aromatic rings. The van der Waals surface area contributed by atoms with Gasteiger partial charge in [0.25, 0.3) is 5.91 Å². The number of hydrogen-bond acceptors (Lipinski definition) is 5. The Hall–Kier alpha value is -3.03. The van der Waals surface area contributed by atoms with E-state index in [0.29, 0.717) is 16.3 Å². The van der Waals surface area contributed by atoms with Gasteiger partial charge in [-0.2, -0.15) is 0 Å². The summed E-state index contributed by atoms with van der Waals surface area (Å²) in [7, 11) is -3.56. The molecule has 1 aliphatic rings. The van der Waals surface area contributed by atoms with Gasteiger partial charge in [0.15, 0.2) is 9.84 Å². The summed E-state index contributed by atoms with van der Waals surface area (Å²) < 4.78 is 26.1. The molecule has 0 atom stereocenters. The maximum absolute atomic E-state index is 13.1. The predicted octanol–water partition coefficient (Wildman–Crippen LogP) is 4.94. The van der Waals surface area contributed by atoms with Gasteiger partial charge < -0.3 is 11.1 Å². The molecule has 5 nitrogen and oxygen atoms in total. The number of nitrogen functional groups attached to an aromatic ring is 1. The van der Waals surface area contributed by atoms with Gasteiger partial charge in [0.1, 0.15) is 0 Å². The van der Waals surface area contributed by atoms with Crippen molar-refractivity contribution in [3.05, 3.63) is 87.8 Å².